The maximum Gasteiger partial charge on any atom is 0.407 e. The molecule has 5 nitrogen and oxygen atoms in total. The molecule has 2 aromatic rings. The van der Waals surface area contributed by atoms with Crippen molar-refractivity contribution in [3.05, 3.63) is 35.2 Å². The summed E-state index contributed by atoms with van der Waals surface area (Å²) in [4.78, 5) is 19.1. The molecule has 1 heterocycles. The van der Waals surface area contributed by atoms with Gasteiger partial charge in [-0.1, -0.05) is 31.2 Å². The minimum Gasteiger partial charge on any atom is -0.465 e. The first-order chi connectivity index (χ1) is 10.5. The predicted molar refractivity (Wildman–Crippen MR) is 90.6 cm³/mol. The van der Waals surface area contributed by atoms with Crippen LogP contribution in [0.15, 0.2) is 29.6 Å². The lowest BCUT2D eigenvalue weighted by Crippen LogP contribution is -2.29. The zero-order chi connectivity index (χ0) is 16.1. The smallest absolute Gasteiger partial charge is 0.407 e. The van der Waals surface area contributed by atoms with E-state index in [1.54, 1.807) is 11.3 Å². The minimum atomic E-state index is -0.874. The van der Waals surface area contributed by atoms with Crippen LogP contribution in [0.2, 0.25) is 0 Å². The van der Waals surface area contributed by atoms with Gasteiger partial charge in [0, 0.05) is 38.1 Å². The Kier molecular flexibility index (Phi) is 5.38. The van der Waals surface area contributed by atoms with E-state index in [0.29, 0.717) is 13.1 Å². The van der Waals surface area contributed by atoms with Crippen molar-refractivity contribution in [3.8, 4) is 11.3 Å². The normalized spacial score (nSPS) is 10.5. The number of nitrogens with zero attached hydrogens (tertiary/aromatic N) is 3. The maximum atomic E-state index is 11.2. The number of benzene rings is 1. The zero-order valence-electron chi connectivity index (χ0n) is 13.1. The Hall–Kier alpha value is -2.08. The SMILES string of the molecule is CCCN(Cc1ccc(-c2csc(N(C)C)n2)cc1)C(=O)O. The fourth-order valence-electron chi connectivity index (χ4n) is 2.12. The molecule has 6 heteroatoms. The van der Waals surface area contributed by atoms with Crippen LogP contribution in [0, 0.1) is 0 Å². The van der Waals surface area contributed by atoms with Crippen molar-refractivity contribution in [1.29, 1.82) is 0 Å². The van der Waals surface area contributed by atoms with Crippen LogP contribution in [0.5, 0.6) is 0 Å². The summed E-state index contributed by atoms with van der Waals surface area (Å²) in [5.41, 5.74) is 2.98. The Labute approximate surface area is 134 Å². The van der Waals surface area contributed by atoms with E-state index in [0.717, 1.165) is 28.4 Å². The standard InChI is InChI=1S/C16H21N3O2S/c1-4-9-19(16(20)21)10-12-5-7-13(8-6-12)14-11-22-15(17-14)18(2)3/h5-8,11H,4,9-10H2,1-3H3,(H,20,21). The average Bonchev–Trinajstić information content (AvgIpc) is 2.97. The van der Waals surface area contributed by atoms with Crippen molar-refractivity contribution in [2.24, 2.45) is 0 Å². The summed E-state index contributed by atoms with van der Waals surface area (Å²) < 4.78 is 0. The van der Waals surface area contributed by atoms with Gasteiger partial charge in [0.25, 0.3) is 0 Å². The fourth-order valence-corrected chi connectivity index (χ4v) is 2.88. The topological polar surface area (TPSA) is 56.7 Å². The molecule has 1 amide bonds. The molecule has 22 heavy (non-hydrogen) atoms. The van der Waals surface area contributed by atoms with E-state index in [-0.39, 0.29) is 0 Å². The van der Waals surface area contributed by atoms with E-state index in [1.165, 1.54) is 4.90 Å². The van der Waals surface area contributed by atoms with Gasteiger partial charge in [-0.3, -0.25) is 0 Å². The van der Waals surface area contributed by atoms with Gasteiger partial charge in [-0.05, 0) is 12.0 Å². The Bertz CT molecular complexity index is 623. The van der Waals surface area contributed by atoms with E-state index in [9.17, 15) is 4.79 Å². The van der Waals surface area contributed by atoms with Gasteiger partial charge in [-0.15, -0.1) is 11.3 Å². The van der Waals surface area contributed by atoms with Crippen LogP contribution in [-0.4, -0.2) is 41.7 Å². The molecule has 0 saturated heterocycles. The third kappa shape index (κ3) is 3.98. The lowest BCUT2D eigenvalue weighted by atomic mass is 10.1. The van der Waals surface area contributed by atoms with Crippen LogP contribution in [0.4, 0.5) is 9.93 Å². The summed E-state index contributed by atoms with van der Waals surface area (Å²) in [7, 11) is 3.94. The Morgan fingerprint density at radius 2 is 1.95 bits per heavy atom. The third-order valence-electron chi connectivity index (χ3n) is 3.26. The van der Waals surface area contributed by atoms with Crippen molar-refractivity contribution in [2.75, 3.05) is 25.5 Å². The Morgan fingerprint density at radius 1 is 1.27 bits per heavy atom. The van der Waals surface area contributed by atoms with Crippen LogP contribution in [-0.2, 0) is 6.54 Å². The molecule has 1 aromatic carbocycles. The van der Waals surface area contributed by atoms with E-state index in [1.807, 2.05) is 55.6 Å². The molecule has 0 fully saturated rings. The van der Waals surface area contributed by atoms with Crippen molar-refractivity contribution < 1.29 is 9.90 Å². The molecular formula is C16H21N3O2S. The summed E-state index contributed by atoms with van der Waals surface area (Å²) in [6, 6.07) is 7.93. The summed E-state index contributed by atoms with van der Waals surface area (Å²) >= 11 is 1.61. The van der Waals surface area contributed by atoms with Crippen LogP contribution in [0.1, 0.15) is 18.9 Å². The second-order valence-corrected chi connectivity index (χ2v) is 6.15. The first-order valence-corrected chi connectivity index (χ1v) is 8.09. The molecule has 0 atom stereocenters. The van der Waals surface area contributed by atoms with Gasteiger partial charge in [-0.2, -0.15) is 0 Å². The van der Waals surface area contributed by atoms with E-state index in [4.69, 9.17) is 5.11 Å². The number of hydrogen-bond acceptors (Lipinski definition) is 4. The number of thiazole rings is 1. The molecule has 1 aromatic heterocycles. The van der Waals surface area contributed by atoms with Gasteiger partial charge in [0.05, 0.1) is 5.69 Å². The van der Waals surface area contributed by atoms with Gasteiger partial charge < -0.3 is 14.9 Å². The van der Waals surface area contributed by atoms with Crippen LogP contribution >= 0.6 is 11.3 Å². The number of carbonyl (C=O) groups is 1. The number of aromatic nitrogens is 1. The van der Waals surface area contributed by atoms with Crippen molar-refractivity contribution in [2.45, 2.75) is 19.9 Å². The average molecular weight is 319 g/mol. The summed E-state index contributed by atoms with van der Waals surface area (Å²) in [6.45, 7) is 2.95. The number of hydrogen-bond donors (Lipinski definition) is 1. The molecule has 118 valence electrons. The van der Waals surface area contributed by atoms with Crippen LogP contribution in [0.25, 0.3) is 11.3 Å². The van der Waals surface area contributed by atoms with Gasteiger partial charge in [0.15, 0.2) is 5.13 Å². The highest BCUT2D eigenvalue weighted by Crippen LogP contribution is 2.26. The van der Waals surface area contributed by atoms with E-state index >= 15 is 0 Å². The van der Waals surface area contributed by atoms with E-state index < -0.39 is 6.09 Å². The zero-order valence-corrected chi connectivity index (χ0v) is 13.9. The molecule has 0 aliphatic carbocycles. The Morgan fingerprint density at radius 3 is 2.45 bits per heavy atom. The lowest BCUT2D eigenvalue weighted by molar-refractivity contribution is 0.142. The second-order valence-electron chi connectivity index (χ2n) is 5.31. The molecule has 2 rings (SSSR count). The van der Waals surface area contributed by atoms with Crippen LogP contribution < -0.4 is 4.90 Å². The minimum absolute atomic E-state index is 0.420. The van der Waals surface area contributed by atoms with Crippen LogP contribution in [0.3, 0.4) is 0 Å². The molecular weight excluding hydrogens is 298 g/mol. The predicted octanol–water partition coefficient (Wildman–Crippen LogP) is 3.77. The molecule has 0 unspecified atom stereocenters. The quantitative estimate of drug-likeness (QED) is 0.880. The van der Waals surface area contributed by atoms with E-state index in [2.05, 4.69) is 4.98 Å². The van der Waals surface area contributed by atoms with Gasteiger partial charge in [0.2, 0.25) is 0 Å². The molecule has 0 aliphatic rings. The number of amides is 1. The number of rotatable bonds is 6. The van der Waals surface area contributed by atoms with Crippen molar-refractivity contribution >= 4 is 22.6 Å². The summed E-state index contributed by atoms with van der Waals surface area (Å²) in [5, 5.41) is 12.2. The second kappa shape index (κ2) is 7.26. The highest BCUT2D eigenvalue weighted by molar-refractivity contribution is 7.14. The van der Waals surface area contributed by atoms with Gasteiger partial charge in [0.1, 0.15) is 0 Å². The Balaban J connectivity index is 2.10. The molecule has 0 saturated carbocycles. The van der Waals surface area contributed by atoms with Gasteiger partial charge >= 0.3 is 6.09 Å². The first-order valence-electron chi connectivity index (χ1n) is 7.21. The highest BCUT2D eigenvalue weighted by Gasteiger charge is 2.11. The fraction of sp³-hybridized carbons (Fsp3) is 0.375. The first kappa shape index (κ1) is 16.3. The molecule has 1 N–H and O–H groups in total. The highest BCUT2D eigenvalue weighted by atomic mass is 32.1. The number of anilines is 1. The van der Waals surface area contributed by atoms with Crippen molar-refractivity contribution in [3.63, 3.8) is 0 Å². The monoisotopic (exact) mass is 319 g/mol. The maximum absolute atomic E-state index is 11.2. The van der Waals surface area contributed by atoms with Gasteiger partial charge in [-0.25, -0.2) is 9.78 Å². The lowest BCUT2D eigenvalue weighted by Gasteiger charge is -2.18. The number of carboxylic acid groups (broad SMARTS) is 1. The largest absolute Gasteiger partial charge is 0.465 e. The molecule has 0 radical (unpaired) electrons. The molecule has 0 bridgehead atoms. The third-order valence-corrected chi connectivity index (χ3v) is 4.27. The molecule has 0 spiro atoms. The summed E-state index contributed by atoms with van der Waals surface area (Å²) in [5.74, 6) is 0. The summed E-state index contributed by atoms with van der Waals surface area (Å²) in [6.07, 6.45) is -0.0580. The molecule has 0 aliphatic heterocycles. The van der Waals surface area contributed by atoms with Crippen molar-refractivity contribution in [1.82, 2.24) is 9.88 Å².